The second-order valence-corrected chi connectivity index (χ2v) is 4.64. The van der Waals surface area contributed by atoms with Crippen molar-refractivity contribution in [1.29, 1.82) is 5.26 Å². The topological polar surface area (TPSA) is 49.6 Å². The minimum atomic E-state index is -0.188. The van der Waals surface area contributed by atoms with Gasteiger partial charge in [-0.1, -0.05) is 27.7 Å². The zero-order valence-electron chi connectivity index (χ0n) is 9.78. The Morgan fingerprint density at radius 2 is 2.13 bits per heavy atom. The molecule has 0 aliphatic rings. The monoisotopic (exact) mass is 203 g/mol. The molecular weight excluding hydrogens is 186 g/mol. The summed E-state index contributed by atoms with van der Waals surface area (Å²) in [4.78, 5) is 8.61. The van der Waals surface area contributed by atoms with E-state index in [-0.39, 0.29) is 11.3 Å². The maximum atomic E-state index is 8.94. The number of nitriles is 1. The van der Waals surface area contributed by atoms with Gasteiger partial charge in [-0.25, -0.2) is 9.97 Å². The predicted molar refractivity (Wildman–Crippen MR) is 59.4 cm³/mol. The molecule has 0 spiro atoms. The van der Waals surface area contributed by atoms with Crippen LogP contribution in [-0.2, 0) is 5.41 Å². The van der Waals surface area contributed by atoms with E-state index in [0.717, 1.165) is 12.1 Å². The van der Waals surface area contributed by atoms with Crippen molar-refractivity contribution in [3.63, 3.8) is 0 Å². The molecule has 1 rings (SSSR count). The van der Waals surface area contributed by atoms with Gasteiger partial charge in [0.05, 0.1) is 6.07 Å². The first kappa shape index (κ1) is 11.6. The quantitative estimate of drug-likeness (QED) is 0.742. The van der Waals surface area contributed by atoms with Gasteiger partial charge in [0, 0.05) is 17.3 Å². The number of aromatic nitrogens is 2. The van der Waals surface area contributed by atoms with Gasteiger partial charge in [-0.3, -0.25) is 0 Å². The van der Waals surface area contributed by atoms with Crippen molar-refractivity contribution < 1.29 is 0 Å². The van der Waals surface area contributed by atoms with Crippen LogP contribution >= 0.6 is 0 Å². The summed E-state index contributed by atoms with van der Waals surface area (Å²) < 4.78 is 0. The first-order valence-corrected chi connectivity index (χ1v) is 5.22. The Hall–Kier alpha value is -1.43. The molecule has 0 amide bonds. The van der Waals surface area contributed by atoms with Crippen molar-refractivity contribution in [3.8, 4) is 6.07 Å². The van der Waals surface area contributed by atoms with Gasteiger partial charge in [0.25, 0.3) is 0 Å². The Kier molecular flexibility index (Phi) is 3.41. The average Bonchev–Trinajstić information content (AvgIpc) is 2.19. The van der Waals surface area contributed by atoms with Crippen LogP contribution < -0.4 is 0 Å². The number of hydrogen-bond acceptors (Lipinski definition) is 3. The fourth-order valence-electron chi connectivity index (χ4n) is 1.29. The van der Waals surface area contributed by atoms with Gasteiger partial charge in [0.15, 0.2) is 0 Å². The first-order chi connectivity index (χ1) is 6.99. The zero-order valence-corrected chi connectivity index (χ0v) is 9.78. The van der Waals surface area contributed by atoms with Crippen LogP contribution in [0, 0.1) is 11.3 Å². The summed E-state index contributed by atoms with van der Waals surface area (Å²) in [6.45, 7) is 8.28. The Labute approximate surface area is 91.2 Å². The maximum Gasteiger partial charge on any atom is 0.145 e. The number of hydrogen-bond donors (Lipinski definition) is 0. The fourth-order valence-corrected chi connectivity index (χ4v) is 1.29. The van der Waals surface area contributed by atoms with Crippen LogP contribution in [0.2, 0.25) is 0 Å². The lowest BCUT2D eigenvalue weighted by Gasteiger charge is -2.18. The molecule has 3 nitrogen and oxygen atoms in total. The third-order valence-electron chi connectivity index (χ3n) is 2.32. The molecule has 0 aliphatic carbocycles. The average molecular weight is 203 g/mol. The Bertz CT molecular complexity index is 371. The molecule has 15 heavy (non-hydrogen) atoms. The van der Waals surface area contributed by atoms with E-state index in [2.05, 4.69) is 36.8 Å². The summed E-state index contributed by atoms with van der Waals surface area (Å²) in [5.74, 6) is 0.458. The molecule has 0 fully saturated rings. The highest BCUT2D eigenvalue weighted by Crippen LogP contribution is 2.21. The van der Waals surface area contributed by atoms with Gasteiger partial charge >= 0.3 is 0 Å². The molecule has 0 saturated heterocycles. The van der Waals surface area contributed by atoms with Crippen LogP contribution in [0.1, 0.15) is 51.6 Å². The lowest BCUT2D eigenvalue weighted by Crippen LogP contribution is -2.16. The second-order valence-electron chi connectivity index (χ2n) is 4.64. The molecule has 1 heterocycles. The SMILES string of the molecule is CCC(C#N)c1nccc(C(C)(C)C)n1. The molecule has 0 saturated carbocycles. The smallest absolute Gasteiger partial charge is 0.145 e. The lowest BCUT2D eigenvalue weighted by molar-refractivity contribution is 0.558. The molecule has 1 unspecified atom stereocenters. The van der Waals surface area contributed by atoms with Gasteiger partial charge in [-0.2, -0.15) is 5.26 Å². The van der Waals surface area contributed by atoms with E-state index in [1.165, 1.54) is 0 Å². The predicted octanol–water partition coefficient (Wildman–Crippen LogP) is 2.79. The zero-order chi connectivity index (χ0) is 11.5. The number of rotatable bonds is 2. The molecule has 0 aliphatic heterocycles. The summed E-state index contributed by atoms with van der Waals surface area (Å²) in [6, 6.07) is 4.13. The van der Waals surface area contributed by atoms with E-state index in [1.807, 2.05) is 13.0 Å². The molecule has 1 aromatic heterocycles. The third-order valence-corrected chi connectivity index (χ3v) is 2.32. The molecule has 1 atom stereocenters. The van der Waals surface area contributed by atoms with Gasteiger partial charge in [0.1, 0.15) is 11.7 Å². The Balaban J connectivity index is 3.09. The molecule has 80 valence electrons. The van der Waals surface area contributed by atoms with E-state index >= 15 is 0 Å². The molecular formula is C12H17N3. The minimum Gasteiger partial charge on any atom is -0.240 e. The summed E-state index contributed by atoms with van der Waals surface area (Å²) in [5, 5.41) is 8.94. The fraction of sp³-hybridized carbons (Fsp3) is 0.583. The van der Waals surface area contributed by atoms with Crippen LogP contribution in [0.4, 0.5) is 0 Å². The molecule has 0 bridgehead atoms. The van der Waals surface area contributed by atoms with Crippen LogP contribution in [0.15, 0.2) is 12.3 Å². The number of nitrogens with zero attached hydrogens (tertiary/aromatic N) is 3. The highest BCUT2D eigenvalue weighted by atomic mass is 14.9. The van der Waals surface area contributed by atoms with E-state index in [4.69, 9.17) is 5.26 Å². The van der Waals surface area contributed by atoms with E-state index in [9.17, 15) is 0 Å². The van der Waals surface area contributed by atoms with Crippen LogP contribution in [0.25, 0.3) is 0 Å². The highest BCUT2D eigenvalue weighted by Gasteiger charge is 2.18. The van der Waals surface area contributed by atoms with Crippen molar-refractivity contribution in [2.45, 2.75) is 45.4 Å². The van der Waals surface area contributed by atoms with Crippen LogP contribution in [0.5, 0.6) is 0 Å². The molecule has 0 aromatic carbocycles. The summed E-state index contributed by atoms with van der Waals surface area (Å²) >= 11 is 0. The largest absolute Gasteiger partial charge is 0.240 e. The van der Waals surface area contributed by atoms with Gasteiger partial charge in [-0.15, -0.1) is 0 Å². The molecule has 0 radical (unpaired) electrons. The maximum absolute atomic E-state index is 8.94. The van der Waals surface area contributed by atoms with Gasteiger partial charge in [-0.05, 0) is 12.5 Å². The normalized spacial score (nSPS) is 13.3. The van der Waals surface area contributed by atoms with E-state index < -0.39 is 0 Å². The Morgan fingerprint density at radius 1 is 1.47 bits per heavy atom. The minimum absolute atomic E-state index is 0.00539. The summed E-state index contributed by atoms with van der Waals surface area (Å²) in [7, 11) is 0. The van der Waals surface area contributed by atoms with Crippen molar-refractivity contribution in [2.75, 3.05) is 0 Å². The molecule has 3 heteroatoms. The van der Waals surface area contributed by atoms with E-state index in [1.54, 1.807) is 6.20 Å². The van der Waals surface area contributed by atoms with Crippen molar-refractivity contribution >= 4 is 0 Å². The second kappa shape index (κ2) is 4.39. The van der Waals surface area contributed by atoms with Gasteiger partial charge < -0.3 is 0 Å². The lowest BCUT2D eigenvalue weighted by atomic mass is 9.92. The summed E-state index contributed by atoms with van der Waals surface area (Å²) in [5.41, 5.74) is 0.993. The van der Waals surface area contributed by atoms with Crippen molar-refractivity contribution in [3.05, 3.63) is 23.8 Å². The van der Waals surface area contributed by atoms with Crippen molar-refractivity contribution in [1.82, 2.24) is 9.97 Å². The van der Waals surface area contributed by atoms with Gasteiger partial charge in [0.2, 0.25) is 0 Å². The van der Waals surface area contributed by atoms with Crippen LogP contribution in [-0.4, -0.2) is 9.97 Å². The Morgan fingerprint density at radius 3 is 2.60 bits per heavy atom. The summed E-state index contributed by atoms with van der Waals surface area (Å²) in [6.07, 6.45) is 2.49. The van der Waals surface area contributed by atoms with Crippen LogP contribution in [0.3, 0.4) is 0 Å². The molecule has 0 N–H and O–H groups in total. The standard InChI is InChI=1S/C12H17N3/c1-5-9(8-13)11-14-7-6-10(15-11)12(2,3)4/h6-7,9H,5H2,1-4H3. The molecule has 1 aromatic rings. The first-order valence-electron chi connectivity index (χ1n) is 5.22. The van der Waals surface area contributed by atoms with Crippen molar-refractivity contribution in [2.24, 2.45) is 0 Å². The van der Waals surface area contributed by atoms with E-state index in [0.29, 0.717) is 5.82 Å². The third kappa shape index (κ3) is 2.76. The highest BCUT2D eigenvalue weighted by molar-refractivity contribution is 5.16.